The van der Waals surface area contributed by atoms with Crippen LogP contribution in [-0.2, 0) is 4.79 Å². The number of rotatable bonds is 8. The predicted octanol–water partition coefficient (Wildman–Crippen LogP) is 4.05. The molecule has 194 valence electrons. The molecule has 2 heterocycles. The van der Waals surface area contributed by atoms with Gasteiger partial charge in [-0.3, -0.25) is 9.59 Å². The topological polar surface area (TPSA) is 78.9 Å². The number of carbonyl (C=O) groups excluding carboxylic acids is 2. The van der Waals surface area contributed by atoms with Gasteiger partial charge in [0.05, 0.1) is 12.8 Å². The standard InChI is InChI=1S/C29H35N5O3/c1-5-22(3)34(29(36)24-8-6-21(2)7-9-24)20-28(35)33-18-16-32(17-19-33)27-15-14-26(30-31-27)23-10-12-25(37-4)13-11-23/h6-15,22H,5,16-20H2,1-4H3. The van der Waals surface area contributed by atoms with Gasteiger partial charge in [0, 0.05) is 43.3 Å². The van der Waals surface area contributed by atoms with E-state index in [1.165, 1.54) is 0 Å². The molecule has 1 aliphatic rings. The van der Waals surface area contributed by atoms with E-state index in [1.54, 1.807) is 12.0 Å². The zero-order valence-corrected chi connectivity index (χ0v) is 22.1. The molecular formula is C29H35N5O3. The number of hydrogen-bond acceptors (Lipinski definition) is 6. The van der Waals surface area contributed by atoms with Gasteiger partial charge in [0.25, 0.3) is 5.91 Å². The van der Waals surface area contributed by atoms with Crippen molar-refractivity contribution >= 4 is 17.6 Å². The fourth-order valence-corrected chi connectivity index (χ4v) is 4.35. The van der Waals surface area contributed by atoms with E-state index < -0.39 is 0 Å². The Bertz CT molecular complexity index is 1190. The van der Waals surface area contributed by atoms with Crippen LogP contribution in [0.2, 0.25) is 0 Å². The summed E-state index contributed by atoms with van der Waals surface area (Å²) in [7, 11) is 1.64. The molecule has 1 aliphatic heterocycles. The minimum absolute atomic E-state index is 0.0265. The number of methoxy groups -OCH3 is 1. The molecule has 1 saturated heterocycles. The highest BCUT2D eigenvalue weighted by Gasteiger charge is 2.28. The fourth-order valence-electron chi connectivity index (χ4n) is 4.35. The van der Waals surface area contributed by atoms with E-state index in [1.807, 2.05) is 86.3 Å². The first-order valence-corrected chi connectivity index (χ1v) is 12.8. The Balaban J connectivity index is 1.35. The molecule has 8 heteroatoms. The lowest BCUT2D eigenvalue weighted by Gasteiger charge is -2.37. The van der Waals surface area contributed by atoms with Crippen LogP contribution in [0.15, 0.2) is 60.7 Å². The van der Waals surface area contributed by atoms with Crippen LogP contribution in [0.25, 0.3) is 11.3 Å². The summed E-state index contributed by atoms with van der Waals surface area (Å²) >= 11 is 0. The smallest absolute Gasteiger partial charge is 0.254 e. The molecular weight excluding hydrogens is 466 g/mol. The first-order chi connectivity index (χ1) is 17.9. The number of aromatic nitrogens is 2. The Kier molecular flexibility index (Phi) is 8.38. The average Bonchev–Trinajstić information content (AvgIpc) is 2.95. The number of hydrogen-bond donors (Lipinski definition) is 0. The van der Waals surface area contributed by atoms with Gasteiger partial charge in [-0.05, 0) is 68.8 Å². The molecule has 0 spiro atoms. The number of piperazine rings is 1. The van der Waals surface area contributed by atoms with Crippen LogP contribution in [0.3, 0.4) is 0 Å². The van der Waals surface area contributed by atoms with Gasteiger partial charge in [-0.2, -0.15) is 0 Å². The van der Waals surface area contributed by atoms with Gasteiger partial charge < -0.3 is 19.4 Å². The van der Waals surface area contributed by atoms with Gasteiger partial charge in [0.1, 0.15) is 12.3 Å². The Morgan fingerprint density at radius 3 is 2.19 bits per heavy atom. The molecule has 0 N–H and O–H groups in total. The number of aryl methyl sites for hydroxylation is 1. The largest absolute Gasteiger partial charge is 0.497 e. The first-order valence-electron chi connectivity index (χ1n) is 12.8. The van der Waals surface area contributed by atoms with Crippen LogP contribution < -0.4 is 9.64 Å². The summed E-state index contributed by atoms with van der Waals surface area (Å²) in [5.41, 5.74) is 3.48. The van der Waals surface area contributed by atoms with Crippen molar-refractivity contribution in [1.29, 1.82) is 0 Å². The molecule has 4 rings (SSSR count). The first kappa shape index (κ1) is 26.1. The van der Waals surface area contributed by atoms with Crippen LogP contribution in [0.4, 0.5) is 5.82 Å². The third-order valence-electron chi connectivity index (χ3n) is 6.98. The molecule has 8 nitrogen and oxygen atoms in total. The highest BCUT2D eigenvalue weighted by molar-refractivity contribution is 5.96. The zero-order valence-electron chi connectivity index (χ0n) is 22.1. The summed E-state index contributed by atoms with van der Waals surface area (Å²) in [4.78, 5) is 32.1. The fraction of sp³-hybridized carbons (Fsp3) is 0.379. The van der Waals surface area contributed by atoms with Crippen molar-refractivity contribution in [3.8, 4) is 17.0 Å². The summed E-state index contributed by atoms with van der Waals surface area (Å²) in [6.45, 7) is 8.58. The minimum atomic E-state index is -0.103. The molecule has 1 atom stereocenters. The molecule has 0 bridgehead atoms. The lowest BCUT2D eigenvalue weighted by atomic mass is 10.1. The van der Waals surface area contributed by atoms with E-state index in [2.05, 4.69) is 15.1 Å². The van der Waals surface area contributed by atoms with Crippen LogP contribution in [-0.4, -0.2) is 77.7 Å². The van der Waals surface area contributed by atoms with Crippen LogP contribution in [0, 0.1) is 6.92 Å². The van der Waals surface area contributed by atoms with E-state index in [4.69, 9.17) is 4.74 Å². The lowest BCUT2D eigenvalue weighted by Crippen LogP contribution is -2.53. The molecule has 0 saturated carbocycles. The second kappa shape index (κ2) is 11.9. The van der Waals surface area contributed by atoms with Crippen molar-refractivity contribution in [2.24, 2.45) is 0 Å². The van der Waals surface area contributed by atoms with Crippen molar-refractivity contribution in [2.45, 2.75) is 33.2 Å². The van der Waals surface area contributed by atoms with Gasteiger partial charge in [0.2, 0.25) is 5.91 Å². The van der Waals surface area contributed by atoms with Crippen LogP contribution in [0.5, 0.6) is 5.75 Å². The van der Waals surface area contributed by atoms with Crippen molar-refractivity contribution in [2.75, 3.05) is 44.7 Å². The summed E-state index contributed by atoms with van der Waals surface area (Å²) in [5, 5.41) is 8.82. The van der Waals surface area contributed by atoms with Gasteiger partial charge in [0.15, 0.2) is 5.82 Å². The maximum atomic E-state index is 13.2. The van der Waals surface area contributed by atoms with Crippen molar-refractivity contribution < 1.29 is 14.3 Å². The molecule has 37 heavy (non-hydrogen) atoms. The van der Waals surface area contributed by atoms with E-state index in [-0.39, 0.29) is 24.4 Å². The number of anilines is 1. The Hall–Kier alpha value is -3.94. The summed E-state index contributed by atoms with van der Waals surface area (Å²) in [6.07, 6.45) is 0.782. The molecule has 1 unspecified atom stereocenters. The number of ether oxygens (including phenoxy) is 1. The summed E-state index contributed by atoms with van der Waals surface area (Å²) in [6, 6.07) is 19.1. The zero-order chi connectivity index (χ0) is 26.4. The van der Waals surface area contributed by atoms with E-state index in [9.17, 15) is 9.59 Å². The van der Waals surface area contributed by atoms with Gasteiger partial charge in [-0.1, -0.05) is 24.6 Å². The Labute approximate surface area is 218 Å². The van der Waals surface area contributed by atoms with Gasteiger partial charge in [-0.25, -0.2) is 0 Å². The monoisotopic (exact) mass is 501 g/mol. The molecule has 3 aromatic rings. The molecule has 2 amide bonds. The van der Waals surface area contributed by atoms with E-state index >= 15 is 0 Å². The van der Waals surface area contributed by atoms with E-state index in [0.717, 1.165) is 34.8 Å². The van der Waals surface area contributed by atoms with Gasteiger partial charge in [-0.15, -0.1) is 10.2 Å². The molecule has 1 fully saturated rings. The van der Waals surface area contributed by atoms with Crippen molar-refractivity contribution in [3.63, 3.8) is 0 Å². The third-order valence-corrected chi connectivity index (χ3v) is 6.98. The quantitative estimate of drug-likeness (QED) is 0.463. The molecule has 0 aliphatic carbocycles. The SMILES string of the molecule is CCC(C)N(CC(=O)N1CCN(c2ccc(-c3ccc(OC)cc3)nn2)CC1)C(=O)c1ccc(C)cc1. The summed E-state index contributed by atoms with van der Waals surface area (Å²) < 4.78 is 5.21. The molecule has 1 aromatic heterocycles. The molecule has 2 aromatic carbocycles. The highest BCUT2D eigenvalue weighted by atomic mass is 16.5. The van der Waals surface area contributed by atoms with Gasteiger partial charge >= 0.3 is 0 Å². The number of carbonyl (C=O) groups is 2. The highest BCUT2D eigenvalue weighted by Crippen LogP contribution is 2.22. The second-order valence-electron chi connectivity index (χ2n) is 9.43. The normalized spacial score (nSPS) is 14.3. The third kappa shape index (κ3) is 6.25. The maximum Gasteiger partial charge on any atom is 0.254 e. The van der Waals surface area contributed by atoms with Crippen molar-refractivity contribution in [1.82, 2.24) is 20.0 Å². The van der Waals surface area contributed by atoms with Crippen LogP contribution >= 0.6 is 0 Å². The Morgan fingerprint density at radius 2 is 1.62 bits per heavy atom. The maximum absolute atomic E-state index is 13.2. The predicted molar refractivity (Wildman–Crippen MR) is 145 cm³/mol. The number of nitrogens with zero attached hydrogens (tertiary/aromatic N) is 5. The number of amides is 2. The Morgan fingerprint density at radius 1 is 0.946 bits per heavy atom. The van der Waals surface area contributed by atoms with Crippen molar-refractivity contribution in [3.05, 3.63) is 71.8 Å². The average molecular weight is 502 g/mol. The minimum Gasteiger partial charge on any atom is -0.497 e. The molecule has 0 radical (unpaired) electrons. The number of benzene rings is 2. The van der Waals surface area contributed by atoms with E-state index in [0.29, 0.717) is 31.7 Å². The summed E-state index contributed by atoms with van der Waals surface area (Å²) in [5.74, 6) is 1.46. The second-order valence-corrected chi connectivity index (χ2v) is 9.43. The van der Waals surface area contributed by atoms with Crippen LogP contribution in [0.1, 0.15) is 36.2 Å². The lowest BCUT2D eigenvalue weighted by molar-refractivity contribution is -0.132.